The van der Waals surface area contributed by atoms with Gasteiger partial charge in [0.25, 0.3) is 0 Å². The van der Waals surface area contributed by atoms with Crippen LogP contribution < -0.4 is 0 Å². The van der Waals surface area contributed by atoms with Crippen molar-refractivity contribution in [2.24, 2.45) is 0 Å². The molecule has 4 nitrogen and oxygen atoms in total. The third kappa shape index (κ3) is 3.90. The lowest BCUT2D eigenvalue weighted by molar-refractivity contribution is 0.494. The fourth-order valence-electron chi connectivity index (χ4n) is 4.83. The molecule has 1 aliphatic rings. The molecule has 7 heteroatoms. The van der Waals surface area contributed by atoms with Gasteiger partial charge in [-0.25, -0.2) is 18.2 Å². The van der Waals surface area contributed by atoms with Gasteiger partial charge in [-0.05, 0) is 41.0 Å². The number of nitriles is 1. The van der Waals surface area contributed by atoms with Gasteiger partial charge < -0.3 is 0 Å². The molecule has 0 atom stereocenters. The van der Waals surface area contributed by atoms with E-state index in [-0.39, 0.29) is 22.6 Å². The van der Waals surface area contributed by atoms with Crippen molar-refractivity contribution in [3.05, 3.63) is 119 Å². The molecule has 0 saturated carbocycles. The minimum atomic E-state index is -1.50. The lowest BCUT2D eigenvalue weighted by atomic mass is 9.88. The summed E-state index contributed by atoms with van der Waals surface area (Å²) in [6.07, 6.45) is 3.43. The summed E-state index contributed by atoms with van der Waals surface area (Å²) in [5.74, 6) is -3.88. The molecule has 186 valence electrons. The van der Waals surface area contributed by atoms with Crippen molar-refractivity contribution in [2.45, 2.75) is 0 Å². The molecule has 5 aromatic rings. The zero-order valence-corrected chi connectivity index (χ0v) is 20.2. The van der Waals surface area contributed by atoms with Gasteiger partial charge in [-0.1, -0.05) is 66.7 Å². The Hall–Kier alpha value is -5.35. The monoisotopic (exact) mass is 514 g/mol. The predicted octanol–water partition coefficient (Wildman–Crippen LogP) is 7.94. The van der Waals surface area contributed by atoms with E-state index < -0.39 is 23.0 Å². The Labute approximate surface area is 221 Å². The van der Waals surface area contributed by atoms with Gasteiger partial charge in [0.2, 0.25) is 0 Å². The number of pyridine rings is 1. The van der Waals surface area contributed by atoms with Crippen LogP contribution in [0.1, 0.15) is 16.7 Å². The summed E-state index contributed by atoms with van der Waals surface area (Å²) in [6.45, 7) is 0. The summed E-state index contributed by atoms with van der Waals surface area (Å²) in [6, 6.07) is 24.0. The Balaban J connectivity index is 1.37. The molecule has 0 spiro atoms. The molecule has 0 saturated heterocycles. The second-order valence-corrected chi connectivity index (χ2v) is 9.06. The van der Waals surface area contributed by atoms with E-state index >= 15 is 0 Å². The first-order valence-corrected chi connectivity index (χ1v) is 11.9. The lowest BCUT2D eigenvalue weighted by Crippen LogP contribution is -2.17. The maximum atomic E-state index is 14.5. The van der Waals surface area contributed by atoms with Crippen LogP contribution in [0, 0.1) is 39.6 Å². The van der Waals surface area contributed by atoms with Crippen LogP contribution in [0.4, 0.5) is 13.2 Å². The van der Waals surface area contributed by atoms with Crippen LogP contribution in [0.5, 0.6) is 0 Å². The van der Waals surface area contributed by atoms with E-state index in [1.165, 1.54) is 6.07 Å². The highest BCUT2D eigenvalue weighted by atomic mass is 19.2. The number of hydrogen-bond donors (Lipinski definition) is 2. The molecule has 2 N–H and O–H groups in total. The van der Waals surface area contributed by atoms with Crippen molar-refractivity contribution in [1.82, 2.24) is 4.98 Å². The fourth-order valence-corrected chi connectivity index (χ4v) is 4.83. The highest BCUT2D eigenvalue weighted by Crippen LogP contribution is 2.35. The molecular formula is C32H17F3N4. The van der Waals surface area contributed by atoms with Gasteiger partial charge >= 0.3 is 0 Å². The number of hydrogen-bond acceptors (Lipinski definition) is 4. The van der Waals surface area contributed by atoms with Gasteiger partial charge in [-0.3, -0.25) is 10.8 Å². The van der Waals surface area contributed by atoms with Crippen LogP contribution in [0.15, 0.2) is 84.9 Å². The van der Waals surface area contributed by atoms with E-state index in [0.29, 0.717) is 11.3 Å². The molecule has 0 bridgehead atoms. The van der Waals surface area contributed by atoms with Crippen molar-refractivity contribution in [3.8, 4) is 39.6 Å². The van der Waals surface area contributed by atoms with Crippen LogP contribution >= 0.6 is 0 Å². The highest BCUT2D eigenvalue weighted by Gasteiger charge is 2.23. The number of aromatic nitrogens is 1. The van der Waals surface area contributed by atoms with E-state index in [9.17, 15) is 13.2 Å². The largest absolute Gasteiger partial charge is 0.299 e. The zero-order valence-electron chi connectivity index (χ0n) is 20.2. The second-order valence-electron chi connectivity index (χ2n) is 9.06. The van der Waals surface area contributed by atoms with E-state index in [0.717, 1.165) is 39.2 Å². The Kier molecular flexibility index (Phi) is 5.66. The van der Waals surface area contributed by atoms with E-state index in [4.69, 9.17) is 21.1 Å². The summed E-state index contributed by atoms with van der Waals surface area (Å²) in [5.41, 5.74) is 4.81. The smallest absolute Gasteiger partial charge is 0.180 e. The summed E-state index contributed by atoms with van der Waals surface area (Å²) in [7, 11) is 0. The molecule has 1 aliphatic carbocycles. The first kappa shape index (κ1) is 24.0. The standard InChI is InChI=1S/C32H17F3N4/c33-25-15-23(29(34)30(35)24(25)16-36)19-9-5-17(6-10-19)18-7-11-20(12-8-18)32-22-13-14-26(37)31(38)28(22)21-3-1-2-4-27(21)39-32/h1-15,37-38H. The van der Waals surface area contributed by atoms with Gasteiger partial charge in [-0.15, -0.1) is 0 Å². The Morgan fingerprint density at radius 1 is 0.718 bits per heavy atom. The number of fused-ring (bicyclic) bond motifs is 3. The number of para-hydroxylation sites is 1. The number of allylic oxidation sites excluding steroid dienone is 1. The lowest BCUT2D eigenvalue weighted by Gasteiger charge is -2.19. The normalized spacial score (nSPS) is 12.5. The maximum absolute atomic E-state index is 14.5. The van der Waals surface area contributed by atoms with E-state index in [1.807, 2.05) is 54.6 Å². The third-order valence-electron chi connectivity index (χ3n) is 6.82. The van der Waals surface area contributed by atoms with Crippen LogP contribution in [0.3, 0.4) is 0 Å². The van der Waals surface area contributed by atoms with Gasteiger partial charge in [0.15, 0.2) is 11.6 Å². The predicted molar refractivity (Wildman–Crippen MR) is 146 cm³/mol. The Morgan fingerprint density at radius 3 is 2.00 bits per heavy atom. The first-order valence-electron chi connectivity index (χ1n) is 11.9. The van der Waals surface area contributed by atoms with Crippen LogP contribution in [-0.2, 0) is 0 Å². The average molecular weight is 515 g/mol. The van der Waals surface area contributed by atoms with Gasteiger partial charge in [-0.2, -0.15) is 5.26 Å². The Bertz CT molecular complexity index is 1920. The molecule has 0 unspecified atom stereocenters. The van der Waals surface area contributed by atoms with Crippen molar-refractivity contribution in [3.63, 3.8) is 0 Å². The van der Waals surface area contributed by atoms with Crippen molar-refractivity contribution in [2.75, 3.05) is 0 Å². The van der Waals surface area contributed by atoms with Crippen molar-refractivity contribution >= 4 is 28.4 Å². The third-order valence-corrected chi connectivity index (χ3v) is 6.82. The number of nitrogens with zero attached hydrogens (tertiary/aromatic N) is 2. The minimum Gasteiger partial charge on any atom is -0.299 e. The quantitative estimate of drug-likeness (QED) is 0.240. The molecular weight excluding hydrogens is 497 g/mol. The number of benzene rings is 4. The molecule has 0 aliphatic heterocycles. The van der Waals surface area contributed by atoms with Gasteiger partial charge in [0.05, 0.1) is 22.6 Å². The summed E-state index contributed by atoms with van der Waals surface area (Å²) in [5, 5.41) is 26.3. The molecule has 0 fully saturated rings. The summed E-state index contributed by atoms with van der Waals surface area (Å²) in [4.78, 5) is 4.87. The van der Waals surface area contributed by atoms with Crippen LogP contribution in [0.25, 0.3) is 50.5 Å². The molecule has 39 heavy (non-hydrogen) atoms. The van der Waals surface area contributed by atoms with Crippen molar-refractivity contribution in [1.29, 1.82) is 16.1 Å². The number of halogens is 3. The Morgan fingerprint density at radius 2 is 1.33 bits per heavy atom. The molecule has 1 heterocycles. The average Bonchev–Trinajstić information content (AvgIpc) is 2.97. The van der Waals surface area contributed by atoms with E-state index in [1.54, 1.807) is 30.3 Å². The molecule has 4 aromatic carbocycles. The fraction of sp³-hybridized carbons (Fsp3) is 0. The van der Waals surface area contributed by atoms with Crippen LogP contribution in [-0.4, -0.2) is 16.4 Å². The second kappa shape index (κ2) is 9.19. The first-order chi connectivity index (χ1) is 18.9. The summed E-state index contributed by atoms with van der Waals surface area (Å²) < 4.78 is 42.6. The topological polar surface area (TPSA) is 84.4 Å². The molecule has 1 aromatic heterocycles. The maximum Gasteiger partial charge on any atom is 0.180 e. The van der Waals surface area contributed by atoms with E-state index in [2.05, 4.69) is 0 Å². The molecule has 0 radical (unpaired) electrons. The SMILES string of the molecule is N#Cc1c(F)cc(-c2ccc(-c3ccc(-c4nc5ccccc5c5c4C=CC(=N)C5=N)cc3)cc2)c(F)c1F. The van der Waals surface area contributed by atoms with Crippen molar-refractivity contribution < 1.29 is 13.2 Å². The molecule has 6 rings (SSSR count). The zero-order chi connectivity index (χ0) is 27.3. The van der Waals surface area contributed by atoms with Gasteiger partial charge in [0, 0.05) is 27.6 Å². The molecule has 0 amide bonds. The number of nitrogens with one attached hydrogen (secondary N) is 2. The minimum absolute atomic E-state index is 0.148. The van der Waals surface area contributed by atoms with Gasteiger partial charge in [0.1, 0.15) is 17.4 Å². The number of rotatable bonds is 3. The highest BCUT2D eigenvalue weighted by molar-refractivity contribution is 6.54. The van der Waals surface area contributed by atoms with Crippen LogP contribution in [0.2, 0.25) is 0 Å². The summed E-state index contributed by atoms with van der Waals surface area (Å²) >= 11 is 0.